The number of nitrogens with zero attached hydrogens (tertiary/aromatic N) is 1. The Morgan fingerprint density at radius 1 is 0.909 bits per heavy atom. The third-order valence-electron chi connectivity index (χ3n) is 5.39. The summed E-state index contributed by atoms with van der Waals surface area (Å²) in [6, 6.07) is 18.2. The molecule has 3 aromatic rings. The summed E-state index contributed by atoms with van der Waals surface area (Å²) < 4.78 is 40.9. The fourth-order valence-corrected chi connectivity index (χ4v) is 3.92. The number of aromatic nitrogens is 1. The fraction of sp³-hybridized carbons (Fsp3) is 0.333. The number of rotatable bonds is 6. The first-order chi connectivity index (χ1) is 15.4. The maximum absolute atomic E-state index is 13.6. The van der Waals surface area contributed by atoms with E-state index in [1.54, 1.807) is 12.3 Å². The Bertz CT molecular complexity index is 1100. The van der Waals surface area contributed by atoms with Crippen LogP contribution in [0.4, 0.5) is 13.2 Å². The first kappa shape index (κ1) is 24.5. The quantitative estimate of drug-likeness (QED) is 0.465. The molecule has 174 valence electrons. The Morgan fingerprint density at radius 2 is 1.58 bits per heavy atom. The van der Waals surface area contributed by atoms with Gasteiger partial charge in [-0.25, -0.2) is 0 Å². The van der Waals surface area contributed by atoms with Crippen molar-refractivity contribution in [3.05, 3.63) is 101 Å². The molecule has 1 unspecified atom stereocenters. The van der Waals surface area contributed by atoms with Crippen molar-refractivity contribution in [1.82, 2.24) is 10.3 Å². The number of alkyl halides is 3. The summed E-state index contributed by atoms with van der Waals surface area (Å²) in [6.45, 7) is 7.73. The molecule has 0 fully saturated rings. The molecule has 0 aliphatic rings. The van der Waals surface area contributed by atoms with Gasteiger partial charge < -0.3 is 5.32 Å². The van der Waals surface area contributed by atoms with Crippen molar-refractivity contribution in [2.24, 2.45) is 5.41 Å². The highest BCUT2D eigenvalue weighted by Gasteiger charge is 2.40. The number of carbonyl (C=O) groups is 1. The summed E-state index contributed by atoms with van der Waals surface area (Å²) >= 11 is 0. The van der Waals surface area contributed by atoms with Gasteiger partial charge in [0, 0.05) is 19.0 Å². The molecule has 6 heteroatoms. The Kier molecular flexibility index (Phi) is 6.96. The molecule has 33 heavy (non-hydrogen) atoms. The van der Waals surface area contributed by atoms with E-state index in [0.29, 0.717) is 11.3 Å². The largest absolute Gasteiger partial charge is 0.416 e. The molecule has 1 heterocycles. The molecule has 1 amide bonds. The van der Waals surface area contributed by atoms with Crippen LogP contribution >= 0.6 is 0 Å². The Hall–Kier alpha value is -3.15. The molecule has 3 rings (SSSR count). The highest BCUT2D eigenvalue weighted by Crippen LogP contribution is 2.37. The van der Waals surface area contributed by atoms with Crippen molar-refractivity contribution >= 4 is 5.91 Å². The summed E-state index contributed by atoms with van der Waals surface area (Å²) in [5.41, 5.74) is 0.251. The molecule has 0 aliphatic heterocycles. The van der Waals surface area contributed by atoms with E-state index in [0.717, 1.165) is 23.3 Å². The van der Waals surface area contributed by atoms with Gasteiger partial charge in [-0.3, -0.25) is 9.78 Å². The highest BCUT2D eigenvalue weighted by molar-refractivity contribution is 5.78. The Labute approximate surface area is 193 Å². The number of hydrogen-bond donors (Lipinski definition) is 1. The van der Waals surface area contributed by atoms with Crippen LogP contribution in [0.25, 0.3) is 0 Å². The Balaban J connectivity index is 2.26. The SMILES string of the molecule is Cc1ccnc(C(Cc2ccccc2)(NC(=O)CC(C)(C)C)c2cccc(C(F)(F)F)c2)c1. The lowest BCUT2D eigenvalue weighted by atomic mass is 9.79. The molecule has 0 bridgehead atoms. The van der Waals surface area contributed by atoms with Gasteiger partial charge >= 0.3 is 6.18 Å². The van der Waals surface area contributed by atoms with Crippen LogP contribution in [0.3, 0.4) is 0 Å². The van der Waals surface area contributed by atoms with Gasteiger partial charge in [0.2, 0.25) is 5.91 Å². The zero-order valence-corrected chi connectivity index (χ0v) is 19.3. The standard InChI is InChI=1S/C27H29F3N2O/c1-19-13-14-31-23(15-19)26(17-20-9-6-5-7-10-20,32-24(33)18-25(2,3)4)21-11-8-12-22(16-21)27(28,29)30/h5-16H,17-18H2,1-4H3,(H,32,33). The van der Waals surface area contributed by atoms with E-state index >= 15 is 0 Å². The molecule has 0 saturated heterocycles. The zero-order chi connectivity index (χ0) is 24.3. The first-order valence-corrected chi connectivity index (χ1v) is 10.8. The lowest BCUT2D eigenvalue weighted by Crippen LogP contribution is -2.50. The van der Waals surface area contributed by atoms with Crippen LogP contribution in [-0.2, 0) is 22.9 Å². The number of halogens is 3. The molecule has 3 nitrogen and oxygen atoms in total. The monoisotopic (exact) mass is 454 g/mol. The first-order valence-electron chi connectivity index (χ1n) is 10.8. The summed E-state index contributed by atoms with van der Waals surface area (Å²) in [4.78, 5) is 17.7. The number of aryl methyl sites for hydroxylation is 1. The van der Waals surface area contributed by atoms with Crippen molar-refractivity contribution in [3.8, 4) is 0 Å². The number of nitrogens with one attached hydrogen (secondary N) is 1. The van der Waals surface area contributed by atoms with Crippen LogP contribution in [0.15, 0.2) is 72.9 Å². The van der Waals surface area contributed by atoms with E-state index in [-0.39, 0.29) is 24.2 Å². The smallest absolute Gasteiger partial charge is 0.341 e. The third-order valence-corrected chi connectivity index (χ3v) is 5.39. The van der Waals surface area contributed by atoms with E-state index < -0.39 is 17.3 Å². The second-order valence-corrected chi connectivity index (χ2v) is 9.65. The van der Waals surface area contributed by atoms with E-state index in [2.05, 4.69) is 10.3 Å². The van der Waals surface area contributed by atoms with Gasteiger partial charge in [-0.15, -0.1) is 0 Å². The lowest BCUT2D eigenvalue weighted by Gasteiger charge is -2.37. The summed E-state index contributed by atoms with van der Waals surface area (Å²) in [7, 11) is 0. The predicted molar refractivity (Wildman–Crippen MR) is 124 cm³/mol. The van der Waals surface area contributed by atoms with Crippen LogP contribution < -0.4 is 5.32 Å². The van der Waals surface area contributed by atoms with Crippen molar-refractivity contribution in [3.63, 3.8) is 0 Å². The lowest BCUT2D eigenvalue weighted by molar-refractivity contribution is -0.137. The van der Waals surface area contributed by atoms with Crippen LogP contribution in [-0.4, -0.2) is 10.9 Å². The van der Waals surface area contributed by atoms with Crippen LogP contribution in [0.2, 0.25) is 0 Å². The van der Waals surface area contributed by atoms with Gasteiger partial charge in [-0.1, -0.05) is 63.2 Å². The molecule has 2 aromatic carbocycles. The molecule has 1 atom stereocenters. The van der Waals surface area contributed by atoms with Crippen LogP contribution in [0.5, 0.6) is 0 Å². The van der Waals surface area contributed by atoms with Crippen LogP contribution in [0, 0.1) is 12.3 Å². The second-order valence-electron chi connectivity index (χ2n) is 9.65. The van der Waals surface area contributed by atoms with Gasteiger partial charge in [0.25, 0.3) is 0 Å². The summed E-state index contributed by atoms with van der Waals surface area (Å²) in [6.07, 6.45) is -2.42. The maximum Gasteiger partial charge on any atom is 0.416 e. The van der Waals surface area contributed by atoms with Crippen molar-refractivity contribution in [1.29, 1.82) is 0 Å². The predicted octanol–water partition coefficient (Wildman–Crippen LogP) is 6.45. The number of carbonyl (C=O) groups excluding carboxylic acids is 1. The molecular weight excluding hydrogens is 425 g/mol. The number of hydrogen-bond acceptors (Lipinski definition) is 2. The second kappa shape index (κ2) is 9.38. The summed E-state index contributed by atoms with van der Waals surface area (Å²) in [5, 5.41) is 3.11. The molecule has 0 spiro atoms. The van der Waals surface area contributed by atoms with Gasteiger partial charge in [0.05, 0.1) is 11.3 Å². The van der Waals surface area contributed by atoms with Gasteiger partial charge in [-0.05, 0) is 53.3 Å². The highest BCUT2D eigenvalue weighted by atomic mass is 19.4. The number of benzene rings is 2. The van der Waals surface area contributed by atoms with Gasteiger partial charge in [0.1, 0.15) is 5.54 Å². The van der Waals surface area contributed by atoms with E-state index in [1.807, 2.05) is 70.2 Å². The Morgan fingerprint density at radius 3 is 2.18 bits per heavy atom. The molecule has 0 aliphatic carbocycles. The van der Waals surface area contributed by atoms with E-state index in [4.69, 9.17) is 0 Å². The molecule has 0 saturated carbocycles. The topological polar surface area (TPSA) is 42.0 Å². The van der Waals surface area contributed by atoms with E-state index in [1.165, 1.54) is 6.07 Å². The van der Waals surface area contributed by atoms with Crippen LogP contribution in [0.1, 0.15) is 55.1 Å². The normalized spacial score (nSPS) is 13.9. The minimum Gasteiger partial charge on any atom is -0.341 e. The summed E-state index contributed by atoms with van der Waals surface area (Å²) in [5.74, 6) is -0.251. The minimum absolute atomic E-state index is 0.217. The number of amides is 1. The van der Waals surface area contributed by atoms with Crippen molar-refractivity contribution in [2.45, 2.75) is 52.3 Å². The molecular formula is C27H29F3N2O. The molecule has 1 aromatic heterocycles. The zero-order valence-electron chi connectivity index (χ0n) is 19.3. The average Bonchev–Trinajstić information content (AvgIpc) is 2.72. The maximum atomic E-state index is 13.6. The number of pyridine rings is 1. The molecule has 0 radical (unpaired) electrons. The van der Waals surface area contributed by atoms with Crippen molar-refractivity contribution in [2.75, 3.05) is 0 Å². The van der Waals surface area contributed by atoms with Crippen molar-refractivity contribution < 1.29 is 18.0 Å². The van der Waals surface area contributed by atoms with Gasteiger partial charge in [-0.2, -0.15) is 13.2 Å². The van der Waals surface area contributed by atoms with E-state index in [9.17, 15) is 18.0 Å². The minimum atomic E-state index is -4.51. The molecule has 1 N–H and O–H groups in total. The average molecular weight is 455 g/mol. The van der Waals surface area contributed by atoms with Gasteiger partial charge in [0.15, 0.2) is 0 Å². The fourth-order valence-electron chi connectivity index (χ4n) is 3.92. The third kappa shape index (κ3) is 6.21.